The molecule has 0 aromatic carbocycles. The quantitative estimate of drug-likeness (QED) is 0.483. The molecule has 0 atom stereocenters. The van der Waals surface area contributed by atoms with Gasteiger partial charge in [-0.25, -0.2) is 0 Å². The van der Waals surface area contributed by atoms with Crippen LogP contribution in [0.15, 0.2) is 0 Å². The predicted molar refractivity (Wildman–Crippen MR) is 27.9 cm³/mol. The summed E-state index contributed by atoms with van der Waals surface area (Å²) in [6.07, 6.45) is 0. The Bertz CT molecular complexity index is 149. The van der Waals surface area contributed by atoms with Gasteiger partial charge in [-0.05, 0) is 0 Å². The lowest BCUT2D eigenvalue weighted by Crippen LogP contribution is -2.26. The zero-order valence-corrected chi connectivity index (χ0v) is 5.47. The Labute approximate surface area is 48.2 Å². The molecule has 5 nitrogen and oxygen atoms in total. The fourth-order valence-electron chi connectivity index (χ4n) is 0.0861. The third-order valence-electron chi connectivity index (χ3n) is 0.569. The summed E-state index contributed by atoms with van der Waals surface area (Å²) in [6.45, 7) is 0. The molecule has 0 unspecified atom stereocenters. The van der Waals surface area contributed by atoms with E-state index in [2.05, 4.69) is 10.2 Å². The highest BCUT2D eigenvalue weighted by atomic mass is 32.2. The van der Waals surface area contributed by atoms with E-state index >= 15 is 0 Å². The van der Waals surface area contributed by atoms with Crippen molar-refractivity contribution >= 4 is 10.3 Å². The minimum absolute atomic E-state index is 0.868. The normalized spacial score (nSPS) is 12.5. The average molecular weight is 140 g/mol. The first-order valence-corrected chi connectivity index (χ1v) is 3.18. The zero-order chi connectivity index (χ0) is 6.78. The van der Waals surface area contributed by atoms with Crippen LogP contribution in [-0.4, -0.2) is 26.8 Å². The number of hydrogen-bond acceptors (Lipinski definition) is 4. The summed E-state index contributed by atoms with van der Waals surface area (Å²) in [4.78, 5) is 0. The van der Waals surface area contributed by atoms with Gasteiger partial charge >= 0.3 is 10.3 Å². The second kappa shape index (κ2) is 2.40. The van der Waals surface area contributed by atoms with Crippen molar-refractivity contribution in [3.05, 3.63) is 0 Å². The van der Waals surface area contributed by atoms with Gasteiger partial charge in [0.15, 0.2) is 0 Å². The maximum atomic E-state index is 10.3. The van der Waals surface area contributed by atoms with Gasteiger partial charge in [-0.2, -0.15) is 22.9 Å². The molecule has 8 heavy (non-hydrogen) atoms. The molecule has 0 aliphatic rings. The van der Waals surface area contributed by atoms with Crippen molar-refractivity contribution in [2.24, 2.45) is 5.90 Å². The van der Waals surface area contributed by atoms with Crippen LogP contribution in [0, 0.1) is 0 Å². The molecule has 0 saturated heterocycles. The molecule has 2 N–H and O–H groups in total. The molecule has 0 fully saturated rings. The topological polar surface area (TPSA) is 72.6 Å². The highest BCUT2D eigenvalue weighted by Crippen LogP contribution is 1.88. The molecule has 0 aliphatic carbocycles. The standard InChI is InChI=1S/C2H8N2O3S/c1-4(2)8(5,6)7-3/h3H2,1-2H3. The lowest BCUT2D eigenvalue weighted by Gasteiger charge is -2.05. The summed E-state index contributed by atoms with van der Waals surface area (Å²) < 4.78 is 25.0. The van der Waals surface area contributed by atoms with Crippen LogP contribution in [0.1, 0.15) is 0 Å². The average Bonchev–Trinajstić information content (AvgIpc) is 1.67. The Morgan fingerprint density at radius 3 is 1.88 bits per heavy atom. The van der Waals surface area contributed by atoms with E-state index in [1.807, 2.05) is 0 Å². The van der Waals surface area contributed by atoms with Gasteiger partial charge in [-0.3, -0.25) is 0 Å². The first-order valence-electron chi connectivity index (χ1n) is 1.81. The molecule has 0 bridgehead atoms. The molecular weight excluding hydrogens is 132 g/mol. The first kappa shape index (κ1) is 7.83. The van der Waals surface area contributed by atoms with Gasteiger partial charge in [0.05, 0.1) is 0 Å². The molecule has 0 spiro atoms. The molecule has 0 amide bonds. The van der Waals surface area contributed by atoms with Gasteiger partial charge in [0.2, 0.25) is 0 Å². The van der Waals surface area contributed by atoms with Crippen LogP contribution >= 0.6 is 0 Å². The summed E-state index contributed by atoms with van der Waals surface area (Å²) in [7, 11) is -0.982. The van der Waals surface area contributed by atoms with Crippen molar-refractivity contribution in [1.29, 1.82) is 0 Å². The first-order chi connectivity index (χ1) is 3.50. The minimum atomic E-state index is -3.62. The molecule has 0 aromatic heterocycles. The van der Waals surface area contributed by atoms with E-state index in [4.69, 9.17) is 0 Å². The van der Waals surface area contributed by atoms with Gasteiger partial charge in [-0.1, -0.05) is 0 Å². The maximum Gasteiger partial charge on any atom is 0.353 e. The molecule has 0 radical (unpaired) electrons. The van der Waals surface area contributed by atoms with Gasteiger partial charge in [-0.15, -0.1) is 0 Å². The van der Waals surface area contributed by atoms with Crippen molar-refractivity contribution in [3.63, 3.8) is 0 Å². The fraction of sp³-hybridized carbons (Fsp3) is 1.00. The van der Waals surface area contributed by atoms with Gasteiger partial charge in [0.1, 0.15) is 0 Å². The Hall–Kier alpha value is -0.170. The summed E-state index contributed by atoms with van der Waals surface area (Å²) in [5.74, 6) is 4.38. The largest absolute Gasteiger partial charge is 0.353 e. The van der Waals surface area contributed by atoms with Crippen LogP contribution in [-0.2, 0) is 14.6 Å². The van der Waals surface area contributed by atoms with Crippen molar-refractivity contribution in [3.8, 4) is 0 Å². The lowest BCUT2D eigenvalue weighted by molar-refractivity contribution is 0.299. The predicted octanol–water partition coefficient (Wildman–Crippen LogP) is -1.32. The van der Waals surface area contributed by atoms with Crippen molar-refractivity contribution in [2.75, 3.05) is 14.1 Å². The smallest absolute Gasteiger partial charge is 0.196 e. The number of hydrogen-bond donors (Lipinski definition) is 1. The molecule has 0 aromatic rings. The van der Waals surface area contributed by atoms with Crippen molar-refractivity contribution < 1.29 is 12.7 Å². The zero-order valence-electron chi connectivity index (χ0n) is 4.66. The van der Waals surface area contributed by atoms with Crippen molar-refractivity contribution in [2.45, 2.75) is 0 Å². The van der Waals surface area contributed by atoms with Crippen LogP contribution in [0.3, 0.4) is 0 Å². The van der Waals surface area contributed by atoms with E-state index < -0.39 is 10.3 Å². The SMILES string of the molecule is CN(C)S(=O)(=O)ON. The highest BCUT2D eigenvalue weighted by Gasteiger charge is 2.10. The van der Waals surface area contributed by atoms with E-state index in [0.29, 0.717) is 0 Å². The van der Waals surface area contributed by atoms with Gasteiger partial charge < -0.3 is 0 Å². The molecule has 0 saturated carbocycles. The molecular formula is C2H8N2O3S. The summed E-state index contributed by atoms with van der Waals surface area (Å²) in [5, 5.41) is 0. The van der Waals surface area contributed by atoms with E-state index in [1.54, 1.807) is 0 Å². The third kappa shape index (κ3) is 1.74. The summed E-state index contributed by atoms with van der Waals surface area (Å²) in [6, 6.07) is 0. The van der Waals surface area contributed by atoms with E-state index in [1.165, 1.54) is 14.1 Å². The van der Waals surface area contributed by atoms with Gasteiger partial charge in [0, 0.05) is 14.1 Å². The van der Waals surface area contributed by atoms with Crippen molar-refractivity contribution in [1.82, 2.24) is 4.31 Å². The number of nitrogens with zero attached hydrogens (tertiary/aromatic N) is 1. The van der Waals surface area contributed by atoms with E-state index in [-0.39, 0.29) is 0 Å². The second-order valence-electron chi connectivity index (χ2n) is 1.34. The molecule has 0 aliphatic heterocycles. The molecule has 0 rings (SSSR count). The van der Waals surface area contributed by atoms with E-state index in [9.17, 15) is 8.42 Å². The Morgan fingerprint density at radius 2 is 1.88 bits per heavy atom. The Balaban J connectivity index is 4.17. The summed E-state index contributed by atoms with van der Waals surface area (Å²) in [5.41, 5.74) is 0. The second-order valence-corrected chi connectivity index (χ2v) is 3.11. The Morgan fingerprint density at radius 1 is 1.50 bits per heavy atom. The summed E-state index contributed by atoms with van der Waals surface area (Å²) >= 11 is 0. The van der Waals surface area contributed by atoms with Gasteiger partial charge in [0.25, 0.3) is 0 Å². The lowest BCUT2D eigenvalue weighted by atomic mass is 11.3. The maximum absolute atomic E-state index is 10.3. The Kier molecular flexibility index (Phi) is 2.35. The van der Waals surface area contributed by atoms with Crippen LogP contribution in [0.5, 0.6) is 0 Å². The fourth-order valence-corrected chi connectivity index (χ4v) is 0.258. The molecule has 50 valence electrons. The van der Waals surface area contributed by atoms with Crippen LogP contribution < -0.4 is 5.90 Å². The third-order valence-corrected chi connectivity index (χ3v) is 1.71. The van der Waals surface area contributed by atoms with Crippen LogP contribution in [0.2, 0.25) is 0 Å². The van der Waals surface area contributed by atoms with Crippen LogP contribution in [0.25, 0.3) is 0 Å². The minimum Gasteiger partial charge on any atom is -0.196 e. The highest BCUT2D eigenvalue weighted by molar-refractivity contribution is 7.84. The van der Waals surface area contributed by atoms with E-state index in [0.717, 1.165) is 4.31 Å². The molecule has 0 heterocycles. The van der Waals surface area contributed by atoms with Crippen LogP contribution in [0.4, 0.5) is 0 Å². The monoisotopic (exact) mass is 140 g/mol. The number of rotatable bonds is 2. The molecule has 6 heteroatoms. The number of nitrogens with two attached hydrogens (primary N) is 1.